The van der Waals surface area contributed by atoms with Crippen LogP contribution in [0.5, 0.6) is 0 Å². The van der Waals surface area contributed by atoms with Crippen LogP contribution in [-0.4, -0.2) is 36.5 Å². The molecule has 0 saturated carbocycles. The van der Waals surface area contributed by atoms with Gasteiger partial charge in [0.15, 0.2) is 0 Å². The number of carbonyl (C=O) groups excluding carboxylic acids is 2. The number of hydrogen-bond donors (Lipinski definition) is 1. The minimum Gasteiger partial charge on any atom is -0.459 e. The summed E-state index contributed by atoms with van der Waals surface area (Å²) in [6.07, 6.45) is -0.182. The maximum Gasteiger partial charge on any atom is 0.338 e. The molecule has 2 aromatic carbocycles. The van der Waals surface area contributed by atoms with E-state index < -0.39 is 5.97 Å². The summed E-state index contributed by atoms with van der Waals surface area (Å²) in [5, 5.41) is 2.78. The predicted octanol–water partition coefficient (Wildman–Crippen LogP) is 3.46. The fourth-order valence-corrected chi connectivity index (χ4v) is 2.37. The molecule has 0 radical (unpaired) electrons. The van der Waals surface area contributed by atoms with E-state index in [9.17, 15) is 14.0 Å². The number of likely N-dealkylation sites (N-methyl/N-ethyl adjacent to an activating group) is 1. The normalized spacial score (nSPS) is 10.8. The van der Waals surface area contributed by atoms with Crippen LogP contribution in [0, 0.1) is 5.82 Å². The fourth-order valence-electron chi connectivity index (χ4n) is 2.37. The summed E-state index contributed by atoms with van der Waals surface area (Å²) in [5.74, 6) is -0.848. The number of nitrogens with zero attached hydrogens (tertiary/aromatic N) is 1. The van der Waals surface area contributed by atoms with Gasteiger partial charge in [-0.05, 0) is 62.9 Å². The van der Waals surface area contributed by atoms with Crippen molar-refractivity contribution in [2.45, 2.75) is 26.5 Å². The lowest BCUT2D eigenvalue weighted by Crippen LogP contribution is -2.29. The van der Waals surface area contributed by atoms with Crippen molar-refractivity contribution in [3.05, 3.63) is 65.5 Å². The van der Waals surface area contributed by atoms with Gasteiger partial charge in [-0.2, -0.15) is 0 Å². The third-order valence-corrected chi connectivity index (χ3v) is 3.53. The van der Waals surface area contributed by atoms with Crippen LogP contribution >= 0.6 is 0 Å². The Bertz CT molecular complexity index is 743. The first-order valence-electron chi connectivity index (χ1n) is 8.37. The minimum absolute atomic E-state index is 0.174. The van der Waals surface area contributed by atoms with E-state index in [1.807, 2.05) is 11.9 Å². The summed E-state index contributed by atoms with van der Waals surface area (Å²) in [7, 11) is 1.81. The first-order chi connectivity index (χ1) is 12.3. The van der Waals surface area contributed by atoms with Gasteiger partial charge in [0.25, 0.3) is 0 Å². The quantitative estimate of drug-likeness (QED) is 0.770. The molecule has 0 saturated heterocycles. The zero-order chi connectivity index (χ0) is 19.1. The molecule has 6 heteroatoms. The SMILES string of the molecule is CC(C)OC(=O)c1ccc(NC(=O)CN(C)Cc2ccc(F)cc2)cc1. The number of amides is 1. The van der Waals surface area contributed by atoms with Crippen molar-refractivity contribution in [3.63, 3.8) is 0 Å². The van der Waals surface area contributed by atoms with Gasteiger partial charge in [0.1, 0.15) is 5.82 Å². The van der Waals surface area contributed by atoms with Crippen LogP contribution in [0.15, 0.2) is 48.5 Å². The molecule has 0 unspecified atom stereocenters. The van der Waals surface area contributed by atoms with Gasteiger partial charge in [-0.1, -0.05) is 12.1 Å². The highest BCUT2D eigenvalue weighted by atomic mass is 19.1. The van der Waals surface area contributed by atoms with Crippen LogP contribution < -0.4 is 5.32 Å². The molecule has 5 nitrogen and oxygen atoms in total. The Morgan fingerprint density at radius 2 is 1.69 bits per heavy atom. The fraction of sp³-hybridized carbons (Fsp3) is 0.300. The molecule has 1 N–H and O–H groups in total. The average Bonchev–Trinajstić information content (AvgIpc) is 2.56. The molecule has 138 valence electrons. The Hall–Kier alpha value is -2.73. The zero-order valence-electron chi connectivity index (χ0n) is 15.2. The molecule has 26 heavy (non-hydrogen) atoms. The first kappa shape index (κ1) is 19.6. The molecule has 0 atom stereocenters. The number of carbonyl (C=O) groups is 2. The summed E-state index contributed by atoms with van der Waals surface area (Å²) in [5.41, 5.74) is 1.96. The van der Waals surface area contributed by atoms with Crippen LogP contribution in [0.25, 0.3) is 0 Å². The molecule has 0 fully saturated rings. The van der Waals surface area contributed by atoms with Gasteiger partial charge in [-0.25, -0.2) is 9.18 Å². The number of halogens is 1. The van der Waals surface area contributed by atoms with Gasteiger partial charge in [0.05, 0.1) is 18.2 Å². The lowest BCUT2D eigenvalue weighted by atomic mass is 10.2. The summed E-state index contributed by atoms with van der Waals surface area (Å²) >= 11 is 0. The molecular formula is C20H23FN2O3. The molecule has 0 bridgehead atoms. The minimum atomic E-state index is -0.392. The third-order valence-electron chi connectivity index (χ3n) is 3.53. The molecule has 0 spiro atoms. The van der Waals surface area contributed by atoms with Crippen molar-refractivity contribution in [1.29, 1.82) is 0 Å². The van der Waals surface area contributed by atoms with Gasteiger partial charge in [-0.15, -0.1) is 0 Å². The third kappa shape index (κ3) is 6.29. The molecule has 2 rings (SSSR count). The maximum atomic E-state index is 12.9. The Morgan fingerprint density at radius 1 is 1.08 bits per heavy atom. The zero-order valence-corrected chi connectivity index (χ0v) is 15.2. The highest BCUT2D eigenvalue weighted by Crippen LogP contribution is 2.12. The second kappa shape index (κ2) is 9.10. The first-order valence-corrected chi connectivity index (χ1v) is 8.37. The predicted molar refractivity (Wildman–Crippen MR) is 98.4 cm³/mol. The van der Waals surface area contributed by atoms with Gasteiger partial charge < -0.3 is 10.1 Å². The van der Waals surface area contributed by atoms with Crippen LogP contribution in [-0.2, 0) is 16.1 Å². The lowest BCUT2D eigenvalue weighted by molar-refractivity contribution is -0.117. The van der Waals surface area contributed by atoms with Gasteiger partial charge >= 0.3 is 5.97 Å². The summed E-state index contributed by atoms with van der Waals surface area (Å²) in [4.78, 5) is 25.7. The average molecular weight is 358 g/mol. The maximum absolute atomic E-state index is 12.9. The van der Waals surface area contributed by atoms with Crippen LogP contribution in [0.4, 0.5) is 10.1 Å². The van der Waals surface area contributed by atoms with E-state index in [1.165, 1.54) is 12.1 Å². The van der Waals surface area contributed by atoms with E-state index in [4.69, 9.17) is 4.74 Å². The van der Waals surface area contributed by atoms with E-state index >= 15 is 0 Å². The van der Waals surface area contributed by atoms with Crippen molar-refractivity contribution in [1.82, 2.24) is 4.90 Å². The highest BCUT2D eigenvalue weighted by molar-refractivity contribution is 5.94. The van der Waals surface area contributed by atoms with E-state index in [0.29, 0.717) is 17.8 Å². The summed E-state index contributed by atoms with van der Waals surface area (Å²) in [6.45, 7) is 4.30. The molecule has 0 aliphatic carbocycles. The number of nitrogens with one attached hydrogen (secondary N) is 1. The number of esters is 1. The topological polar surface area (TPSA) is 58.6 Å². The number of ether oxygens (including phenoxy) is 1. The Balaban J connectivity index is 1.85. The Kier molecular flexibility index (Phi) is 6.86. The van der Waals surface area contributed by atoms with Crippen molar-refractivity contribution < 1.29 is 18.7 Å². The second-order valence-electron chi connectivity index (χ2n) is 6.38. The van der Waals surface area contributed by atoms with E-state index in [2.05, 4.69) is 5.32 Å². The van der Waals surface area contributed by atoms with Crippen LogP contribution in [0.3, 0.4) is 0 Å². The van der Waals surface area contributed by atoms with Gasteiger partial charge in [-0.3, -0.25) is 9.69 Å². The van der Waals surface area contributed by atoms with Gasteiger partial charge in [0, 0.05) is 12.2 Å². The molecule has 2 aromatic rings. The van der Waals surface area contributed by atoms with E-state index in [0.717, 1.165) is 5.56 Å². The van der Waals surface area contributed by atoms with Crippen molar-refractivity contribution in [3.8, 4) is 0 Å². The lowest BCUT2D eigenvalue weighted by Gasteiger charge is -2.16. The number of anilines is 1. The van der Waals surface area contributed by atoms with Crippen LogP contribution in [0.1, 0.15) is 29.8 Å². The van der Waals surface area contributed by atoms with E-state index in [-0.39, 0.29) is 24.4 Å². The molecule has 0 heterocycles. The molecule has 0 aromatic heterocycles. The van der Waals surface area contributed by atoms with Gasteiger partial charge in [0.2, 0.25) is 5.91 Å². The summed E-state index contributed by atoms with van der Waals surface area (Å²) in [6, 6.07) is 12.7. The number of benzene rings is 2. The number of rotatable bonds is 7. The largest absolute Gasteiger partial charge is 0.459 e. The summed E-state index contributed by atoms with van der Waals surface area (Å²) < 4.78 is 18.0. The van der Waals surface area contributed by atoms with Crippen LogP contribution in [0.2, 0.25) is 0 Å². The molecule has 0 aliphatic rings. The van der Waals surface area contributed by atoms with Crippen molar-refractivity contribution in [2.75, 3.05) is 18.9 Å². The van der Waals surface area contributed by atoms with E-state index in [1.54, 1.807) is 50.2 Å². The van der Waals surface area contributed by atoms with Crippen molar-refractivity contribution >= 4 is 17.6 Å². The Morgan fingerprint density at radius 3 is 2.27 bits per heavy atom. The monoisotopic (exact) mass is 358 g/mol. The molecule has 1 amide bonds. The molecular weight excluding hydrogens is 335 g/mol. The van der Waals surface area contributed by atoms with Crippen molar-refractivity contribution in [2.24, 2.45) is 0 Å². The standard InChI is InChI=1S/C20H23FN2O3/c1-14(2)26-20(25)16-6-10-18(11-7-16)22-19(24)13-23(3)12-15-4-8-17(21)9-5-15/h4-11,14H,12-13H2,1-3H3,(H,22,24). The number of hydrogen-bond acceptors (Lipinski definition) is 4. The molecule has 0 aliphatic heterocycles. The Labute approximate surface area is 152 Å². The highest BCUT2D eigenvalue weighted by Gasteiger charge is 2.11. The smallest absolute Gasteiger partial charge is 0.338 e. The second-order valence-corrected chi connectivity index (χ2v) is 6.38.